The minimum absolute atomic E-state index is 0.0107. The molecular weight excluding hydrogens is 340 g/mol. The minimum Gasteiger partial charge on any atom is -0.262 e. The van der Waals surface area contributed by atoms with Crippen molar-refractivity contribution in [3.63, 3.8) is 0 Å². The van der Waals surface area contributed by atoms with E-state index in [2.05, 4.69) is 92.3 Å². The summed E-state index contributed by atoms with van der Waals surface area (Å²) < 4.78 is 0. The van der Waals surface area contributed by atoms with Crippen molar-refractivity contribution in [1.29, 1.82) is 0 Å². The molecule has 5 rings (SSSR count). The van der Waals surface area contributed by atoms with Gasteiger partial charge >= 0.3 is 0 Å². The van der Waals surface area contributed by atoms with Crippen LogP contribution >= 0.6 is 0 Å². The van der Waals surface area contributed by atoms with Crippen LogP contribution in [0.3, 0.4) is 0 Å². The molecule has 1 heterocycles. The molecule has 1 aliphatic rings. The first-order valence-corrected chi connectivity index (χ1v) is 9.62. The molecule has 0 aliphatic heterocycles. The smallest absolute Gasteiger partial charge is 0.0968 e. The number of hydrogen-bond donors (Lipinski definition) is 0. The van der Waals surface area contributed by atoms with Crippen LogP contribution in [0.1, 0.15) is 30.5 Å². The van der Waals surface area contributed by atoms with Gasteiger partial charge in [-0.1, -0.05) is 68.4 Å². The molecule has 4 aromatic rings. The lowest BCUT2D eigenvalue weighted by Gasteiger charge is -2.21. The van der Waals surface area contributed by atoms with Crippen LogP contribution in [0.15, 0.2) is 71.7 Å². The molecule has 0 N–H and O–H groups in total. The lowest BCUT2D eigenvalue weighted by Crippen LogP contribution is -2.14. The predicted molar refractivity (Wildman–Crippen MR) is 119 cm³/mol. The summed E-state index contributed by atoms with van der Waals surface area (Å²) in [6.45, 7) is 10.4. The summed E-state index contributed by atoms with van der Waals surface area (Å²) in [4.78, 5) is 9.19. The third kappa shape index (κ3) is 2.27. The number of benzene rings is 3. The van der Waals surface area contributed by atoms with Crippen molar-refractivity contribution >= 4 is 23.3 Å². The van der Waals surface area contributed by atoms with Crippen molar-refractivity contribution in [2.24, 2.45) is 4.99 Å². The summed E-state index contributed by atoms with van der Waals surface area (Å²) in [5, 5.41) is 1.09. The average Bonchev–Trinajstić information content (AvgIpc) is 2.95. The van der Waals surface area contributed by atoms with Gasteiger partial charge in [0.05, 0.1) is 16.9 Å². The molecule has 0 saturated heterocycles. The standard InChI is InChI=1S/C26H22N2/c1-16-9-10-17-12-14-23(28-25(17)24(16)27-4)18-11-13-20-19-7-5-6-8-21(19)26(2,3)22(20)15-18/h5-15H,4H2,1-3H3. The number of aryl methyl sites for hydroxylation is 1. The molecule has 0 atom stereocenters. The molecule has 0 fully saturated rings. The lowest BCUT2D eigenvalue weighted by molar-refractivity contribution is 0.660. The zero-order valence-corrected chi connectivity index (χ0v) is 16.5. The molecule has 1 aromatic heterocycles. The van der Waals surface area contributed by atoms with Crippen LogP contribution in [0.25, 0.3) is 33.3 Å². The number of nitrogens with zero attached hydrogens (tertiary/aromatic N) is 2. The maximum absolute atomic E-state index is 4.97. The largest absolute Gasteiger partial charge is 0.262 e. The predicted octanol–water partition coefficient (Wildman–Crippen LogP) is 6.85. The van der Waals surface area contributed by atoms with Gasteiger partial charge < -0.3 is 0 Å². The average molecular weight is 362 g/mol. The number of rotatable bonds is 2. The highest BCUT2D eigenvalue weighted by atomic mass is 14.8. The Balaban J connectivity index is 1.71. The molecule has 0 bridgehead atoms. The zero-order chi connectivity index (χ0) is 19.5. The Bertz CT molecular complexity index is 1260. The molecule has 28 heavy (non-hydrogen) atoms. The first-order valence-electron chi connectivity index (χ1n) is 9.62. The van der Waals surface area contributed by atoms with Crippen molar-refractivity contribution in [3.8, 4) is 22.4 Å². The Morgan fingerprint density at radius 3 is 2.43 bits per heavy atom. The van der Waals surface area contributed by atoms with E-state index in [-0.39, 0.29) is 5.41 Å². The Morgan fingerprint density at radius 2 is 1.61 bits per heavy atom. The fourth-order valence-electron chi connectivity index (χ4n) is 4.50. The SMILES string of the molecule is C=Nc1c(C)ccc2ccc(-c3ccc4c(c3)C(C)(C)c3ccccc3-4)nc12. The van der Waals surface area contributed by atoms with Crippen LogP contribution in [0.5, 0.6) is 0 Å². The summed E-state index contributed by atoms with van der Waals surface area (Å²) >= 11 is 0. The van der Waals surface area contributed by atoms with Gasteiger partial charge in [-0.2, -0.15) is 0 Å². The van der Waals surface area contributed by atoms with E-state index in [0.717, 1.165) is 33.4 Å². The third-order valence-corrected chi connectivity index (χ3v) is 6.07. The maximum Gasteiger partial charge on any atom is 0.0968 e. The minimum atomic E-state index is -0.0107. The number of fused-ring (bicyclic) bond motifs is 4. The van der Waals surface area contributed by atoms with Crippen LogP contribution in [-0.4, -0.2) is 11.7 Å². The Labute approximate surface area is 165 Å². The van der Waals surface area contributed by atoms with E-state index in [4.69, 9.17) is 4.98 Å². The molecule has 1 aliphatic carbocycles. The second-order valence-electron chi connectivity index (χ2n) is 8.09. The molecule has 0 saturated carbocycles. The van der Waals surface area contributed by atoms with E-state index in [9.17, 15) is 0 Å². The van der Waals surface area contributed by atoms with Crippen LogP contribution in [-0.2, 0) is 5.41 Å². The lowest BCUT2D eigenvalue weighted by atomic mass is 9.82. The number of aromatic nitrogens is 1. The zero-order valence-electron chi connectivity index (χ0n) is 16.5. The van der Waals surface area contributed by atoms with Gasteiger partial charge in [0, 0.05) is 16.4 Å². The molecule has 0 radical (unpaired) electrons. The van der Waals surface area contributed by atoms with Gasteiger partial charge in [-0.25, -0.2) is 4.98 Å². The van der Waals surface area contributed by atoms with Gasteiger partial charge in [-0.15, -0.1) is 0 Å². The highest BCUT2D eigenvalue weighted by molar-refractivity contribution is 5.93. The van der Waals surface area contributed by atoms with Crippen molar-refractivity contribution < 1.29 is 0 Å². The van der Waals surface area contributed by atoms with Crippen molar-refractivity contribution in [2.45, 2.75) is 26.2 Å². The van der Waals surface area contributed by atoms with Crippen LogP contribution in [0, 0.1) is 6.92 Å². The van der Waals surface area contributed by atoms with Crippen LogP contribution in [0.2, 0.25) is 0 Å². The van der Waals surface area contributed by atoms with Gasteiger partial charge in [-0.05, 0) is 53.6 Å². The van der Waals surface area contributed by atoms with Crippen LogP contribution in [0.4, 0.5) is 5.69 Å². The van der Waals surface area contributed by atoms with E-state index < -0.39 is 0 Å². The highest BCUT2D eigenvalue weighted by Crippen LogP contribution is 2.49. The summed E-state index contributed by atoms with van der Waals surface area (Å²) in [7, 11) is 0. The van der Waals surface area contributed by atoms with Gasteiger partial charge in [0.2, 0.25) is 0 Å². The van der Waals surface area contributed by atoms with Crippen LogP contribution < -0.4 is 0 Å². The second kappa shape index (κ2) is 5.87. The topological polar surface area (TPSA) is 25.2 Å². The summed E-state index contributed by atoms with van der Waals surface area (Å²) in [5.41, 5.74) is 10.4. The molecule has 3 aromatic carbocycles. The van der Waals surface area contributed by atoms with Crippen molar-refractivity contribution in [2.75, 3.05) is 0 Å². The molecule has 136 valence electrons. The first-order chi connectivity index (χ1) is 13.5. The molecule has 2 heteroatoms. The van der Waals surface area contributed by atoms with E-state index in [1.165, 1.54) is 22.3 Å². The van der Waals surface area contributed by atoms with Gasteiger partial charge in [0.1, 0.15) is 0 Å². The second-order valence-corrected chi connectivity index (χ2v) is 8.09. The Morgan fingerprint density at radius 1 is 0.857 bits per heavy atom. The Hall–Kier alpha value is -3.26. The van der Waals surface area contributed by atoms with Gasteiger partial charge in [0.15, 0.2) is 0 Å². The third-order valence-electron chi connectivity index (χ3n) is 6.07. The fraction of sp³-hybridized carbons (Fsp3) is 0.154. The fourth-order valence-corrected chi connectivity index (χ4v) is 4.50. The van der Waals surface area contributed by atoms with Crippen molar-refractivity contribution in [3.05, 3.63) is 83.4 Å². The van der Waals surface area contributed by atoms with E-state index in [1.54, 1.807) is 0 Å². The summed E-state index contributed by atoms with van der Waals surface area (Å²) in [5.74, 6) is 0. The number of pyridine rings is 1. The van der Waals surface area contributed by atoms with Crippen molar-refractivity contribution in [1.82, 2.24) is 4.98 Å². The Kier molecular flexibility index (Phi) is 3.54. The number of aliphatic imine (C=N–C) groups is 1. The number of hydrogen-bond acceptors (Lipinski definition) is 2. The van der Waals surface area contributed by atoms with Gasteiger partial charge in [-0.3, -0.25) is 4.99 Å². The first kappa shape index (κ1) is 16.9. The molecule has 2 nitrogen and oxygen atoms in total. The molecule has 0 unspecified atom stereocenters. The van der Waals surface area contributed by atoms with E-state index >= 15 is 0 Å². The monoisotopic (exact) mass is 362 g/mol. The summed E-state index contributed by atoms with van der Waals surface area (Å²) in [6.07, 6.45) is 0. The van der Waals surface area contributed by atoms with Gasteiger partial charge in [0.25, 0.3) is 0 Å². The highest BCUT2D eigenvalue weighted by Gasteiger charge is 2.35. The molecule has 0 spiro atoms. The van der Waals surface area contributed by atoms with E-state index in [0.29, 0.717) is 0 Å². The molecular formula is C26H22N2. The molecule has 0 amide bonds. The normalized spacial score (nSPS) is 14.0. The van der Waals surface area contributed by atoms with E-state index in [1.807, 2.05) is 6.92 Å². The summed E-state index contributed by atoms with van der Waals surface area (Å²) in [6, 6.07) is 23.8. The maximum atomic E-state index is 4.97. The quantitative estimate of drug-likeness (QED) is 0.358.